The molecular formula is C31H50N4O7P2S. The Labute approximate surface area is 275 Å². The number of aromatic nitrogens is 2. The van der Waals surface area contributed by atoms with Gasteiger partial charge in [-0.1, -0.05) is 47.6 Å². The number of rotatable bonds is 19. The fraction of sp³-hybridized carbons (Fsp3) is 0.774. The first-order valence-corrected chi connectivity index (χ1v) is 19.4. The Kier molecular flexibility index (Phi) is 15.1. The first-order chi connectivity index (χ1) is 21.4. The average Bonchev–Trinajstić information content (AvgIpc) is 3.77. The van der Waals surface area contributed by atoms with Crippen molar-refractivity contribution in [1.29, 1.82) is 10.5 Å². The Bertz CT molecular complexity index is 1190. The van der Waals surface area contributed by atoms with Crippen LogP contribution in [0.25, 0.3) is 0 Å². The molecule has 3 rings (SSSR count). The van der Waals surface area contributed by atoms with Crippen molar-refractivity contribution in [2.75, 3.05) is 19.8 Å². The van der Waals surface area contributed by atoms with Gasteiger partial charge in [-0.3, -0.25) is 4.34 Å². The maximum Gasteiger partial charge on any atom is 0.327 e. The van der Waals surface area contributed by atoms with Crippen LogP contribution >= 0.6 is 15.2 Å². The third-order valence-electron chi connectivity index (χ3n) is 8.45. The minimum absolute atomic E-state index is 0.0770. The second-order valence-electron chi connectivity index (χ2n) is 12.8. The van der Waals surface area contributed by atoms with Gasteiger partial charge in [0, 0.05) is 38.4 Å². The number of hydrogen-bond donors (Lipinski definition) is 0. The van der Waals surface area contributed by atoms with Crippen LogP contribution in [0.15, 0.2) is 31.4 Å². The molecule has 3 heterocycles. The van der Waals surface area contributed by atoms with Gasteiger partial charge >= 0.3 is 6.72 Å². The zero-order valence-electron chi connectivity index (χ0n) is 27.5. The lowest BCUT2D eigenvalue weighted by atomic mass is 9.77. The minimum atomic E-state index is -3.35. The van der Waals surface area contributed by atoms with Gasteiger partial charge in [0.1, 0.15) is 12.4 Å². The summed E-state index contributed by atoms with van der Waals surface area (Å²) >= 11 is 6.00. The lowest BCUT2D eigenvalue weighted by Gasteiger charge is -2.37. The maximum atomic E-state index is 9.66. The molecule has 2 aliphatic rings. The van der Waals surface area contributed by atoms with E-state index in [1.165, 1.54) is 0 Å². The second kappa shape index (κ2) is 17.8. The average molecular weight is 685 g/mol. The summed E-state index contributed by atoms with van der Waals surface area (Å²) in [6.45, 7) is 13.9. The molecule has 0 N–H and O–H groups in total. The molecule has 0 bridgehead atoms. The van der Waals surface area contributed by atoms with Crippen molar-refractivity contribution >= 4 is 27.1 Å². The first-order valence-electron chi connectivity index (χ1n) is 15.7. The van der Waals surface area contributed by atoms with E-state index in [1.807, 2.05) is 33.8 Å². The molecule has 14 heteroatoms. The van der Waals surface area contributed by atoms with E-state index in [0.29, 0.717) is 32.5 Å². The van der Waals surface area contributed by atoms with Gasteiger partial charge in [-0.05, 0) is 41.9 Å². The number of allylic oxidation sites excluding steroid dienone is 1. The fourth-order valence-electron chi connectivity index (χ4n) is 5.23. The number of nitriles is 2. The Hall–Kier alpha value is -1.27. The topological polar surface area (TPSA) is 130 Å². The number of nitrogens with zero attached hydrogens (tertiary/aromatic N) is 4. The highest BCUT2D eigenvalue weighted by Gasteiger charge is 2.42. The van der Waals surface area contributed by atoms with Crippen molar-refractivity contribution in [2.45, 2.75) is 123 Å². The van der Waals surface area contributed by atoms with E-state index >= 15 is 0 Å². The summed E-state index contributed by atoms with van der Waals surface area (Å²) in [6, 6.07) is 4.51. The molecule has 0 spiro atoms. The van der Waals surface area contributed by atoms with E-state index in [9.17, 15) is 10.5 Å². The van der Waals surface area contributed by atoms with Gasteiger partial charge in [-0.25, -0.2) is 4.98 Å². The quantitative estimate of drug-likeness (QED) is 0.106. The Balaban J connectivity index is 1.80. The molecule has 0 saturated carbocycles. The van der Waals surface area contributed by atoms with Crippen LogP contribution in [0.1, 0.15) is 86.5 Å². The molecule has 0 amide bonds. The van der Waals surface area contributed by atoms with Gasteiger partial charge < -0.3 is 32.1 Å². The van der Waals surface area contributed by atoms with E-state index < -0.39 is 33.6 Å². The summed E-state index contributed by atoms with van der Waals surface area (Å²) in [7, 11) is -1.68. The summed E-state index contributed by atoms with van der Waals surface area (Å²) in [6.07, 6.45) is 8.83. The van der Waals surface area contributed by atoms with Crippen molar-refractivity contribution in [3.8, 4) is 12.1 Å². The molecule has 1 aromatic rings. The van der Waals surface area contributed by atoms with Crippen LogP contribution in [0.2, 0.25) is 0 Å². The molecule has 11 nitrogen and oxygen atoms in total. The monoisotopic (exact) mass is 684 g/mol. The van der Waals surface area contributed by atoms with Gasteiger partial charge in [-0.2, -0.15) is 10.5 Å². The fourth-order valence-corrected chi connectivity index (χ4v) is 9.43. The van der Waals surface area contributed by atoms with E-state index in [2.05, 4.69) is 37.5 Å². The van der Waals surface area contributed by atoms with Crippen molar-refractivity contribution in [3.63, 3.8) is 0 Å². The molecule has 9 unspecified atom stereocenters. The van der Waals surface area contributed by atoms with E-state index in [-0.39, 0.29) is 48.6 Å². The Morgan fingerprint density at radius 1 is 1.11 bits per heavy atom. The smallest absolute Gasteiger partial charge is 0.327 e. The molecule has 9 atom stereocenters. The third kappa shape index (κ3) is 10.9. The maximum absolute atomic E-state index is 9.66. The molecule has 45 heavy (non-hydrogen) atoms. The third-order valence-corrected chi connectivity index (χ3v) is 12.3. The Morgan fingerprint density at radius 2 is 1.78 bits per heavy atom. The molecular weight excluding hydrogens is 634 g/mol. The van der Waals surface area contributed by atoms with Crippen LogP contribution < -0.4 is 0 Å². The standard InChI is InChI=1S/C31H50N4O7P2S/c1-8-15-31(7,10-3)29(12-17-33)40-43(35-19-18-34-23-35)39-25-13-20-37-27(25)22-38-44(45,41-26-14-21-36-24(26)9-2)42-28(11-16-32)30(4,5)6/h8,18-19,23-29H,1,9-15,20-22H2,2-7H3. The summed E-state index contributed by atoms with van der Waals surface area (Å²) in [5, 5.41) is 19.2. The normalized spacial score (nSPS) is 26.7. The first kappa shape index (κ1) is 38.2. The lowest BCUT2D eigenvalue weighted by Crippen LogP contribution is -2.35. The molecule has 0 radical (unpaired) electrons. The summed E-state index contributed by atoms with van der Waals surface area (Å²) in [5.74, 6) is 0. The van der Waals surface area contributed by atoms with Crippen LogP contribution in [0.5, 0.6) is 0 Å². The Morgan fingerprint density at radius 3 is 2.36 bits per heavy atom. The largest absolute Gasteiger partial charge is 0.375 e. The van der Waals surface area contributed by atoms with Crippen LogP contribution in [0, 0.1) is 33.5 Å². The second-order valence-corrected chi connectivity index (χ2v) is 17.1. The lowest BCUT2D eigenvalue weighted by molar-refractivity contribution is -0.0182. The minimum Gasteiger partial charge on any atom is -0.375 e. The predicted octanol–water partition coefficient (Wildman–Crippen LogP) is 7.59. The van der Waals surface area contributed by atoms with E-state index in [0.717, 1.165) is 12.8 Å². The van der Waals surface area contributed by atoms with Gasteiger partial charge in [-0.15, -0.1) is 6.58 Å². The highest BCUT2D eigenvalue weighted by molar-refractivity contribution is 8.07. The summed E-state index contributed by atoms with van der Waals surface area (Å²) in [5.41, 5.74) is -0.667. The van der Waals surface area contributed by atoms with Crippen molar-refractivity contribution < 1.29 is 32.1 Å². The zero-order valence-corrected chi connectivity index (χ0v) is 30.1. The number of imidazole rings is 1. The van der Waals surface area contributed by atoms with E-state index in [4.69, 9.17) is 43.9 Å². The van der Waals surface area contributed by atoms with Crippen molar-refractivity contribution in [2.24, 2.45) is 10.8 Å². The van der Waals surface area contributed by atoms with Gasteiger partial charge in [0.25, 0.3) is 8.53 Å². The highest BCUT2D eigenvalue weighted by atomic mass is 32.5. The van der Waals surface area contributed by atoms with Gasteiger partial charge in [0.2, 0.25) is 0 Å². The molecule has 0 aliphatic carbocycles. The molecule has 2 fully saturated rings. The van der Waals surface area contributed by atoms with Crippen LogP contribution in [-0.4, -0.2) is 65.8 Å². The van der Waals surface area contributed by atoms with Crippen LogP contribution in [0.3, 0.4) is 0 Å². The summed E-state index contributed by atoms with van der Waals surface area (Å²) in [4.78, 5) is 4.21. The van der Waals surface area contributed by atoms with Crippen LogP contribution in [0.4, 0.5) is 0 Å². The number of ether oxygens (including phenoxy) is 2. The van der Waals surface area contributed by atoms with Gasteiger partial charge in [0.15, 0.2) is 0 Å². The van der Waals surface area contributed by atoms with Crippen molar-refractivity contribution in [3.05, 3.63) is 31.4 Å². The van der Waals surface area contributed by atoms with E-state index in [1.54, 1.807) is 23.1 Å². The SMILES string of the molecule is C=CCC(C)(CC)C(CC#N)OP(OC1CCOC1COP(=S)(OC1CCOC1CC)OC(CC#N)C(C)(C)C)n1ccnc1. The molecule has 252 valence electrons. The molecule has 1 aromatic heterocycles. The predicted molar refractivity (Wildman–Crippen MR) is 176 cm³/mol. The summed E-state index contributed by atoms with van der Waals surface area (Å²) < 4.78 is 46.2. The highest BCUT2D eigenvalue weighted by Crippen LogP contribution is 2.56. The van der Waals surface area contributed by atoms with Crippen molar-refractivity contribution in [1.82, 2.24) is 9.32 Å². The number of hydrogen-bond acceptors (Lipinski definition) is 11. The molecule has 2 aliphatic heterocycles. The molecule has 0 aromatic carbocycles. The molecule has 2 saturated heterocycles. The zero-order chi connectivity index (χ0) is 33.1. The van der Waals surface area contributed by atoms with Gasteiger partial charge in [0.05, 0.1) is 62.1 Å². The van der Waals surface area contributed by atoms with Crippen LogP contribution in [-0.2, 0) is 43.9 Å².